The summed E-state index contributed by atoms with van der Waals surface area (Å²) in [5.74, 6) is 0.340. The van der Waals surface area contributed by atoms with Gasteiger partial charge in [0.05, 0.1) is 15.8 Å². The van der Waals surface area contributed by atoms with Crippen LogP contribution in [-0.4, -0.2) is 19.4 Å². The minimum atomic E-state index is -2.92. The molecule has 2 atom stereocenters. The van der Waals surface area contributed by atoms with Gasteiger partial charge in [-0.1, -0.05) is 52.7 Å². The number of hydrogen-bond donors (Lipinski definition) is 0. The molecule has 0 aromatic heterocycles. The summed E-state index contributed by atoms with van der Waals surface area (Å²) in [6.45, 7) is 0. The molecule has 0 amide bonds. The smallest absolute Gasteiger partial charge is 0.154 e. The Labute approximate surface area is 105 Å². The average molecular weight is 303 g/mol. The van der Waals surface area contributed by atoms with Crippen LogP contribution in [0, 0.1) is 0 Å². The van der Waals surface area contributed by atoms with Gasteiger partial charge in [-0.05, 0) is 18.4 Å². The molecule has 0 radical (unpaired) electrons. The van der Waals surface area contributed by atoms with E-state index >= 15 is 0 Å². The summed E-state index contributed by atoms with van der Waals surface area (Å²) in [6, 6.07) is 9.78. The first kappa shape index (κ1) is 12.1. The molecule has 1 aliphatic heterocycles. The molecule has 1 heterocycles. The number of hydrogen-bond acceptors (Lipinski definition) is 2. The van der Waals surface area contributed by atoms with Crippen molar-refractivity contribution < 1.29 is 8.42 Å². The zero-order valence-corrected chi connectivity index (χ0v) is 11.4. The normalized spacial score (nSPS) is 26.2. The second-order valence-electron chi connectivity index (χ2n) is 4.21. The van der Waals surface area contributed by atoms with Gasteiger partial charge in [0, 0.05) is 0 Å². The van der Waals surface area contributed by atoms with Crippen molar-refractivity contribution in [3.05, 3.63) is 35.9 Å². The number of sulfone groups is 1. The first-order valence-electron chi connectivity index (χ1n) is 5.52. The molecule has 1 aliphatic rings. The maximum Gasteiger partial charge on any atom is 0.154 e. The van der Waals surface area contributed by atoms with Crippen molar-refractivity contribution >= 4 is 25.8 Å². The Bertz CT molecular complexity index is 441. The third-order valence-electron chi connectivity index (χ3n) is 3.07. The minimum absolute atomic E-state index is 0.0704. The molecule has 2 nitrogen and oxygen atoms in total. The van der Waals surface area contributed by atoms with E-state index < -0.39 is 9.84 Å². The summed E-state index contributed by atoms with van der Waals surface area (Å²) in [4.78, 5) is -0.0704. The molecule has 1 aromatic carbocycles. The Morgan fingerprint density at radius 3 is 2.50 bits per heavy atom. The standard InChI is InChI=1S/C12H15BrO2S/c13-12(10-6-2-1-3-7-10)11-8-4-5-9-16(11,14)15/h1-3,6-7,11-12H,4-5,8-9H2. The van der Waals surface area contributed by atoms with Crippen LogP contribution in [0.3, 0.4) is 0 Å². The highest BCUT2D eigenvalue weighted by Crippen LogP contribution is 2.36. The van der Waals surface area contributed by atoms with Crippen molar-refractivity contribution in [2.75, 3.05) is 5.75 Å². The highest BCUT2D eigenvalue weighted by Gasteiger charge is 2.34. The first-order valence-corrected chi connectivity index (χ1v) is 8.15. The van der Waals surface area contributed by atoms with Crippen LogP contribution in [-0.2, 0) is 9.84 Å². The fourth-order valence-corrected chi connectivity index (χ4v) is 5.67. The molecule has 0 N–H and O–H groups in total. The Kier molecular flexibility index (Phi) is 3.70. The molecule has 4 heteroatoms. The molecule has 16 heavy (non-hydrogen) atoms. The maximum absolute atomic E-state index is 12.0. The predicted molar refractivity (Wildman–Crippen MR) is 69.5 cm³/mol. The number of alkyl halides is 1. The van der Waals surface area contributed by atoms with E-state index in [0.717, 1.165) is 24.8 Å². The van der Waals surface area contributed by atoms with E-state index in [2.05, 4.69) is 15.9 Å². The third-order valence-corrected chi connectivity index (χ3v) is 6.88. The van der Waals surface area contributed by atoms with Gasteiger partial charge in [0.1, 0.15) is 0 Å². The quantitative estimate of drug-likeness (QED) is 0.787. The fraction of sp³-hybridized carbons (Fsp3) is 0.500. The Morgan fingerprint density at radius 2 is 1.88 bits per heavy atom. The molecular formula is C12H15BrO2S. The summed E-state index contributed by atoms with van der Waals surface area (Å²) in [6.07, 6.45) is 2.60. The largest absolute Gasteiger partial charge is 0.228 e. The van der Waals surface area contributed by atoms with Gasteiger partial charge in [-0.25, -0.2) is 8.42 Å². The van der Waals surface area contributed by atoms with E-state index in [0.29, 0.717) is 5.75 Å². The minimum Gasteiger partial charge on any atom is -0.228 e. The molecule has 88 valence electrons. The van der Waals surface area contributed by atoms with Gasteiger partial charge < -0.3 is 0 Å². The monoisotopic (exact) mass is 302 g/mol. The van der Waals surface area contributed by atoms with Crippen LogP contribution >= 0.6 is 15.9 Å². The average Bonchev–Trinajstić information content (AvgIpc) is 2.29. The van der Waals surface area contributed by atoms with Crippen molar-refractivity contribution in [3.8, 4) is 0 Å². The summed E-state index contributed by atoms with van der Waals surface area (Å²) in [7, 11) is -2.92. The summed E-state index contributed by atoms with van der Waals surface area (Å²) in [5.41, 5.74) is 1.05. The lowest BCUT2D eigenvalue weighted by Crippen LogP contribution is -2.31. The zero-order chi connectivity index (χ0) is 11.6. The van der Waals surface area contributed by atoms with E-state index in [9.17, 15) is 8.42 Å². The summed E-state index contributed by atoms with van der Waals surface area (Å²) >= 11 is 3.54. The summed E-state index contributed by atoms with van der Waals surface area (Å²) < 4.78 is 23.9. The van der Waals surface area contributed by atoms with Crippen molar-refractivity contribution in [1.82, 2.24) is 0 Å². The van der Waals surface area contributed by atoms with Gasteiger partial charge >= 0.3 is 0 Å². The molecule has 1 aromatic rings. The van der Waals surface area contributed by atoms with Gasteiger partial charge in [0.25, 0.3) is 0 Å². The molecule has 2 unspecified atom stereocenters. The lowest BCUT2D eigenvalue weighted by atomic mass is 10.1. The lowest BCUT2D eigenvalue weighted by Gasteiger charge is -2.26. The van der Waals surface area contributed by atoms with Gasteiger partial charge in [-0.3, -0.25) is 0 Å². The van der Waals surface area contributed by atoms with Gasteiger partial charge in [0.15, 0.2) is 9.84 Å². The molecule has 2 rings (SSSR count). The molecule has 0 bridgehead atoms. The van der Waals surface area contributed by atoms with E-state index in [1.807, 2.05) is 30.3 Å². The van der Waals surface area contributed by atoms with E-state index in [4.69, 9.17) is 0 Å². The predicted octanol–water partition coefficient (Wildman–Crippen LogP) is 3.09. The van der Waals surface area contributed by atoms with Crippen molar-refractivity contribution in [2.45, 2.75) is 29.3 Å². The van der Waals surface area contributed by atoms with Gasteiger partial charge in [-0.2, -0.15) is 0 Å². The van der Waals surface area contributed by atoms with Crippen LogP contribution < -0.4 is 0 Å². The van der Waals surface area contributed by atoms with E-state index in [1.54, 1.807) is 0 Å². The van der Waals surface area contributed by atoms with Gasteiger partial charge in [0.2, 0.25) is 0 Å². The molecule has 0 saturated carbocycles. The molecule has 0 spiro atoms. The van der Waals surface area contributed by atoms with Crippen LogP contribution in [0.5, 0.6) is 0 Å². The fourth-order valence-electron chi connectivity index (χ4n) is 2.16. The Balaban J connectivity index is 2.24. The second kappa shape index (κ2) is 4.88. The van der Waals surface area contributed by atoms with Crippen molar-refractivity contribution in [1.29, 1.82) is 0 Å². The van der Waals surface area contributed by atoms with Crippen LogP contribution in [0.15, 0.2) is 30.3 Å². The molecular weight excluding hydrogens is 288 g/mol. The second-order valence-corrected chi connectivity index (χ2v) is 7.54. The number of rotatable bonds is 2. The molecule has 0 aliphatic carbocycles. The third kappa shape index (κ3) is 2.48. The van der Waals surface area contributed by atoms with Crippen LogP contribution in [0.25, 0.3) is 0 Å². The Morgan fingerprint density at radius 1 is 1.19 bits per heavy atom. The van der Waals surface area contributed by atoms with Crippen LogP contribution in [0.4, 0.5) is 0 Å². The van der Waals surface area contributed by atoms with Crippen molar-refractivity contribution in [3.63, 3.8) is 0 Å². The Hall–Kier alpha value is -0.350. The maximum atomic E-state index is 12.0. The van der Waals surface area contributed by atoms with Gasteiger partial charge in [-0.15, -0.1) is 0 Å². The molecule has 1 fully saturated rings. The SMILES string of the molecule is O=S1(=O)CCCCC1C(Br)c1ccccc1. The number of benzene rings is 1. The van der Waals surface area contributed by atoms with Crippen molar-refractivity contribution in [2.24, 2.45) is 0 Å². The lowest BCUT2D eigenvalue weighted by molar-refractivity contribution is 0.537. The number of halogens is 1. The van der Waals surface area contributed by atoms with Crippen LogP contribution in [0.2, 0.25) is 0 Å². The molecule has 1 saturated heterocycles. The van der Waals surface area contributed by atoms with Crippen LogP contribution in [0.1, 0.15) is 29.7 Å². The summed E-state index contributed by atoms with van der Waals surface area (Å²) in [5, 5.41) is -0.261. The highest BCUT2D eigenvalue weighted by atomic mass is 79.9. The zero-order valence-electron chi connectivity index (χ0n) is 8.97. The van der Waals surface area contributed by atoms with E-state index in [-0.39, 0.29) is 10.1 Å². The highest BCUT2D eigenvalue weighted by molar-refractivity contribution is 9.09. The first-order chi connectivity index (χ1) is 7.61. The topological polar surface area (TPSA) is 34.1 Å². The van der Waals surface area contributed by atoms with E-state index in [1.165, 1.54) is 0 Å².